The average Bonchev–Trinajstić information content (AvgIpc) is 2.47. The van der Waals surface area contributed by atoms with Crippen LogP contribution >= 0.6 is 0 Å². The number of hydrogen-bond acceptors (Lipinski definition) is 5. The van der Waals surface area contributed by atoms with Crippen LogP contribution in [0.5, 0.6) is 5.75 Å². The lowest BCUT2D eigenvalue weighted by molar-refractivity contribution is -0.147. The molecule has 0 aliphatic carbocycles. The van der Waals surface area contributed by atoms with Crippen LogP contribution in [-0.2, 0) is 14.3 Å². The highest BCUT2D eigenvalue weighted by Crippen LogP contribution is 2.18. The third kappa shape index (κ3) is 4.79. The molecule has 2 N–H and O–H groups in total. The van der Waals surface area contributed by atoms with Crippen molar-refractivity contribution >= 4 is 17.8 Å². The number of aliphatic carboxylic acids is 1. The number of esters is 1. The fraction of sp³-hybridized carbons (Fsp3) is 0.357. The van der Waals surface area contributed by atoms with E-state index in [-0.39, 0.29) is 5.56 Å². The monoisotopic (exact) mass is 295 g/mol. The van der Waals surface area contributed by atoms with Gasteiger partial charge in [-0.3, -0.25) is 9.59 Å². The Morgan fingerprint density at radius 2 is 1.95 bits per heavy atom. The van der Waals surface area contributed by atoms with Gasteiger partial charge in [-0.05, 0) is 19.1 Å². The zero-order chi connectivity index (χ0) is 15.8. The van der Waals surface area contributed by atoms with Crippen molar-refractivity contribution in [3.05, 3.63) is 29.8 Å². The average molecular weight is 295 g/mol. The van der Waals surface area contributed by atoms with E-state index in [2.05, 4.69) is 10.1 Å². The third-order valence-electron chi connectivity index (χ3n) is 2.63. The Kier molecular flexibility index (Phi) is 6.19. The van der Waals surface area contributed by atoms with E-state index in [1.165, 1.54) is 6.07 Å². The Morgan fingerprint density at radius 3 is 2.52 bits per heavy atom. The number of amides is 1. The Labute approximate surface area is 121 Å². The molecule has 7 heteroatoms. The zero-order valence-electron chi connectivity index (χ0n) is 11.8. The van der Waals surface area contributed by atoms with Crippen LogP contribution in [0.4, 0.5) is 0 Å². The Hall–Kier alpha value is -2.57. The molecule has 0 aliphatic rings. The second-order valence-electron chi connectivity index (χ2n) is 4.07. The summed E-state index contributed by atoms with van der Waals surface area (Å²) in [4.78, 5) is 34.3. The van der Waals surface area contributed by atoms with E-state index in [0.29, 0.717) is 12.4 Å². The van der Waals surface area contributed by atoms with Gasteiger partial charge >= 0.3 is 11.9 Å². The van der Waals surface area contributed by atoms with Crippen LogP contribution in [-0.4, -0.2) is 42.7 Å². The molecular formula is C14H17NO6. The quantitative estimate of drug-likeness (QED) is 0.722. The lowest BCUT2D eigenvalue weighted by Crippen LogP contribution is -2.42. The van der Waals surface area contributed by atoms with Gasteiger partial charge in [0, 0.05) is 0 Å². The molecule has 0 heterocycles. The Morgan fingerprint density at radius 1 is 1.29 bits per heavy atom. The molecule has 0 spiro atoms. The number of carboxylic acids is 1. The summed E-state index contributed by atoms with van der Waals surface area (Å²) in [6.45, 7) is 2.14. The van der Waals surface area contributed by atoms with Gasteiger partial charge < -0.3 is 19.9 Å². The third-order valence-corrected chi connectivity index (χ3v) is 2.63. The first-order valence-electron chi connectivity index (χ1n) is 6.31. The Bertz CT molecular complexity index is 528. The van der Waals surface area contributed by atoms with Gasteiger partial charge in [0.25, 0.3) is 5.91 Å². The van der Waals surface area contributed by atoms with Crippen molar-refractivity contribution in [2.45, 2.75) is 19.4 Å². The highest BCUT2D eigenvalue weighted by molar-refractivity contribution is 5.99. The van der Waals surface area contributed by atoms with Crippen LogP contribution in [0.15, 0.2) is 24.3 Å². The number of benzene rings is 1. The SMILES string of the molecule is CCOc1ccccc1C(=O)N[C@@H](CC(=O)OC)C(=O)O. The number of carboxylic acid groups (broad SMARTS) is 1. The molecule has 114 valence electrons. The maximum Gasteiger partial charge on any atom is 0.326 e. The first kappa shape index (κ1) is 16.5. The maximum absolute atomic E-state index is 12.1. The topological polar surface area (TPSA) is 102 Å². The molecule has 0 bridgehead atoms. The first-order valence-corrected chi connectivity index (χ1v) is 6.31. The van der Waals surface area contributed by atoms with Crippen molar-refractivity contribution in [1.82, 2.24) is 5.32 Å². The van der Waals surface area contributed by atoms with Crippen molar-refractivity contribution < 1.29 is 29.0 Å². The molecule has 0 unspecified atom stereocenters. The van der Waals surface area contributed by atoms with Gasteiger partial charge in [0.15, 0.2) is 0 Å². The molecule has 1 amide bonds. The van der Waals surface area contributed by atoms with E-state index >= 15 is 0 Å². The van der Waals surface area contributed by atoms with Crippen molar-refractivity contribution in [2.24, 2.45) is 0 Å². The molecule has 0 saturated heterocycles. The minimum absolute atomic E-state index is 0.204. The van der Waals surface area contributed by atoms with Gasteiger partial charge in [0.05, 0.1) is 25.7 Å². The first-order chi connectivity index (χ1) is 9.99. The molecule has 0 fully saturated rings. The van der Waals surface area contributed by atoms with Gasteiger partial charge in [-0.1, -0.05) is 12.1 Å². The summed E-state index contributed by atoms with van der Waals surface area (Å²) in [7, 11) is 1.15. The van der Waals surface area contributed by atoms with Crippen LogP contribution < -0.4 is 10.1 Å². The number of carbonyl (C=O) groups is 3. The normalized spacial score (nSPS) is 11.3. The largest absolute Gasteiger partial charge is 0.493 e. The smallest absolute Gasteiger partial charge is 0.326 e. The molecule has 0 aromatic heterocycles. The van der Waals surface area contributed by atoms with E-state index in [4.69, 9.17) is 9.84 Å². The fourth-order valence-electron chi connectivity index (χ4n) is 1.62. The zero-order valence-corrected chi connectivity index (χ0v) is 11.8. The van der Waals surface area contributed by atoms with Gasteiger partial charge in [-0.15, -0.1) is 0 Å². The number of rotatable bonds is 7. The molecule has 1 aromatic rings. The number of ether oxygens (including phenoxy) is 2. The number of hydrogen-bond donors (Lipinski definition) is 2. The van der Waals surface area contributed by atoms with Crippen molar-refractivity contribution in [3.63, 3.8) is 0 Å². The van der Waals surface area contributed by atoms with E-state index in [9.17, 15) is 14.4 Å². The molecule has 21 heavy (non-hydrogen) atoms. The molecule has 0 aliphatic heterocycles. The molecular weight excluding hydrogens is 278 g/mol. The summed E-state index contributed by atoms with van der Waals surface area (Å²) in [6.07, 6.45) is -0.450. The van der Waals surface area contributed by atoms with Crippen molar-refractivity contribution in [1.29, 1.82) is 0 Å². The minimum Gasteiger partial charge on any atom is -0.493 e. The summed E-state index contributed by atoms with van der Waals surface area (Å²) in [6, 6.07) is 5.09. The van der Waals surface area contributed by atoms with E-state index in [1.54, 1.807) is 25.1 Å². The molecule has 1 rings (SSSR count). The highest BCUT2D eigenvalue weighted by Gasteiger charge is 2.25. The van der Waals surface area contributed by atoms with Gasteiger partial charge in [-0.2, -0.15) is 0 Å². The number of carbonyl (C=O) groups excluding carboxylic acids is 2. The van der Waals surface area contributed by atoms with Crippen molar-refractivity contribution in [3.8, 4) is 5.75 Å². The minimum atomic E-state index is -1.36. The van der Waals surface area contributed by atoms with Gasteiger partial charge in [0.1, 0.15) is 11.8 Å². The van der Waals surface area contributed by atoms with Crippen LogP contribution in [0.25, 0.3) is 0 Å². The number of para-hydroxylation sites is 1. The van der Waals surface area contributed by atoms with Crippen LogP contribution in [0.2, 0.25) is 0 Å². The summed E-state index contributed by atoms with van der Waals surface area (Å²) in [5.41, 5.74) is 0.204. The van der Waals surface area contributed by atoms with Gasteiger partial charge in [-0.25, -0.2) is 4.79 Å². The van der Waals surface area contributed by atoms with Crippen LogP contribution in [0.3, 0.4) is 0 Å². The number of nitrogens with one attached hydrogen (secondary N) is 1. The lowest BCUT2D eigenvalue weighted by atomic mass is 10.1. The highest BCUT2D eigenvalue weighted by atomic mass is 16.5. The van der Waals surface area contributed by atoms with Crippen LogP contribution in [0, 0.1) is 0 Å². The van der Waals surface area contributed by atoms with E-state index < -0.39 is 30.3 Å². The second kappa shape index (κ2) is 7.88. The molecule has 0 saturated carbocycles. The number of methoxy groups -OCH3 is 1. The van der Waals surface area contributed by atoms with Crippen LogP contribution in [0.1, 0.15) is 23.7 Å². The predicted octanol–water partition coefficient (Wildman–Crippen LogP) is 0.831. The van der Waals surface area contributed by atoms with Gasteiger partial charge in [0.2, 0.25) is 0 Å². The fourth-order valence-corrected chi connectivity index (χ4v) is 1.62. The standard InChI is InChI=1S/C14H17NO6/c1-3-21-11-7-5-4-6-9(11)13(17)15-10(14(18)19)8-12(16)20-2/h4-7,10H,3,8H2,1-2H3,(H,15,17)(H,18,19)/t10-/m0/s1. The summed E-state index contributed by atoms with van der Waals surface area (Å²) < 4.78 is 9.70. The summed E-state index contributed by atoms with van der Waals surface area (Å²) in [5.74, 6) is -2.32. The molecule has 7 nitrogen and oxygen atoms in total. The van der Waals surface area contributed by atoms with Crippen molar-refractivity contribution in [2.75, 3.05) is 13.7 Å². The maximum atomic E-state index is 12.1. The summed E-state index contributed by atoms with van der Waals surface area (Å²) >= 11 is 0. The predicted molar refractivity (Wildman–Crippen MR) is 73.1 cm³/mol. The lowest BCUT2D eigenvalue weighted by Gasteiger charge is -2.15. The second-order valence-corrected chi connectivity index (χ2v) is 4.07. The Balaban J connectivity index is 2.87. The molecule has 0 radical (unpaired) electrons. The van der Waals surface area contributed by atoms with E-state index in [1.807, 2.05) is 0 Å². The summed E-state index contributed by atoms with van der Waals surface area (Å²) in [5, 5.41) is 11.3. The van der Waals surface area contributed by atoms with E-state index in [0.717, 1.165) is 7.11 Å². The molecule has 1 aromatic carbocycles. The molecule has 1 atom stereocenters.